The molecule has 0 radical (unpaired) electrons. The second kappa shape index (κ2) is 7.35. The lowest BCUT2D eigenvalue weighted by molar-refractivity contribution is -0.117. The van der Waals surface area contributed by atoms with E-state index in [0.29, 0.717) is 16.9 Å². The summed E-state index contributed by atoms with van der Waals surface area (Å²) in [5, 5.41) is 7.79. The lowest BCUT2D eigenvalue weighted by atomic mass is 10.1. The van der Waals surface area contributed by atoms with Crippen LogP contribution >= 0.6 is 0 Å². The minimum absolute atomic E-state index is 0.0132. The van der Waals surface area contributed by atoms with E-state index < -0.39 is 17.6 Å². The Balaban J connectivity index is 1.71. The SMILES string of the molecule is CC(=O)Nc1cc(NC(=O)c2cccc(NC(=O)C3CC3)c2)ccc1F. The smallest absolute Gasteiger partial charge is 0.255 e. The van der Waals surface area contributed by atoms with E-state index in [4.69, 9.17) is 0 Å². The van der Waals surface area contributed by atoms with E-state index in [1.807, 2.05) is 0 Å². The van der Waals surface area contributed by atoms with Crippen LogP contribution in [0.3, 0.4) is 0 Å². The molecule has 134 valence electrons. The minimum Gasteiger partial charge on any atom is -0.326 e. The number of carbonyl (C=O) groups excluding carboxylic acids is 3. The molecule has 1 aliphatic carbocycles. The van der Waals surface area contributed by atoms with E-state index in [9.17, 15) is 18.8 Å². The molecular weight excluding hydrogens is 337 g/mol. The minimum atomic E-state index is -0.594. The Morgan fingerprint density at radius 3 is 2.38 bits per heavy atom. The molecule has 1 saturated carbocycles. The van der Waals surface area contributed by atoms with E-state index in [2.05, 4.69) is 16.0 Å². The molecule has 3 N–H and O–H groups in total. The molecule has 0 aliphatic heterocycles. The number of amides is 3. The van der Waals surface area contributed by atoms with Crippen LogP contribution < -0.4 is 16.0 Å². The van der Waals surface area contributed by atoms with Crippen molar-refractivity contribution < 1.29 is 18.8 Å². The lowest BCUT2D eigenvalue weighted by Crippen LogP contribution is -2.15. The first-order valence-corrected chi connectivity index (χ1v) is 8.22. The highest BCUT2D eigenvalue weighted by Gasteiger charge is 2.29. The van der Waals surface area contributed by atoms with Gasteiger partial charge < -0.3 is 16.0 Å². The Morgan fingerprint density at radius 2 is 1.69 bits per heavy atom. The van der Waals surface area contributed by atoms with Crippen molar-refractivity contribution in [2.45, 2.75) is 19.8 Å². The van der Waals surface area contributed by atoms with E-state index in [1.54, 1.807) is 24.3 Å². The summed E-state index contributed by atoms with van der Waals surface area (Å²) in [4.78, 5) is 35.3. The molecule has 0 spiro atoms. The number of carbonyl (C=O) groups is 3. The molecule has 26 heavy (non-hydrogen) atoms. The summed E-state index contributed by atoms with van der Waals surface area (Å²) in [5.41, 5.74) is 1.23. The molecule has 0 unspecified atom stereocenters. The van der Waals surface area contributed by atoms with Crippen LogP contribution in [0, 0.1) is 11.7 Å². The Hall–Kier alpha value is -3.22. The van der Waals surface area contributed by atoms with E-state index in [0.717, 1.165) is 18.9 Å². The van der Waals surface area contributed by atoms with Gasteiger partial charge in [-0.2, -0.15) is 0 Å². The Labute approximate surface area is 149 Å². The van der Waals surface area contributed by atoms with Crippen LogP contribution in [-0.2, 0) is 9.59 Å². The van der Waals surface area contributed by atoms with Crippen molar-refractivity contribution in [1.82, 2.24) is 0 Å². The van der Waals surface area contributed by atoms with Gasteiger partial charge in [0, 0.05) is 29.8 Å². The Morgan fingerprint density at radius 1 is 0.962 bits per heavy atom. The second-order valence-corrected chi connectivity index (χ2v) is 6.17. The first-order chi connectivity index (χ1) is 12.4. The molecular formula is C19H18FN3O3. The quantitative estimate of drug-likeness (QED) is 0.768. The summed E-state index contributed by atoms with van der Waals surface area (Å²) < 4.78 is 13.7. The van der Waals surface area contributed by atoms with Crippen molar-refractivity contribution in [1.29, 1.82) is 0 Å². The van der Waals surface area contributed by atoms with Gasteiger partial charge in [-0.1, -0.05) is 6.07 Å². The van der Waals surface area contributed by atoms with Gasteiger partial charge in [-0.05, 0) is 49.2 Å². The molecule has 0 atom stereocenters. The fourth-order valence-corrected chi connectivity index (χ4v) is 2.42. The maximum atomic E-state index is 13.7. The molecule has 2 aromatic rings. The molecule has 0 bridgehead atoms. The van der Waals surface area contributed by atoms with Crippen molar-refractivity contribution in [3.05, 3.63) is 53.8 Å². The van der Waals surface area contributed by atoms with E-state index >= 15 is 0 Å². The number of hydrogen-bond donors (Lipinski definition) is 3. The number of rotatable bonds is 5. The summed E-state index contributed by atoms with van der Waals surface area (Å²) in [6.07, 6.45) is 1.79. The zero-order chi connectivity index (χ0) is 18.7. The van der Waals surface area contributed by atoms with Gasteiger partial charge in [-0.25, -0.2) is 4.39 Å². The molecule has 1 aliphatic rings. The van der Waals surface area contributed by atoms with Crippen LogP contribution in [0.15, 0.2) is 42.5 Å². The van der Waals surface area contributed by atoms with E-state index in [1.165, 1.54) is 19.1 Å². The number of anilines is 3. The molecule has 6 nitrogen and oxygen atoms in total. The largest absolute Gasteiger partial charge is 0.326 e. The topological polar surface area (TPSA) is 87.3 Å². The van der Waals surface area contributed by atoms with Crippen LogP contribution in [0.4, 0.5) is 21.5 Å². The monoisotopic (exact) mass is 355 g/mol. The molecule has 1 fully saturated rings. The highest BCUT2D eigenvalue weighted by molar-refractivity contribution is 6.06. The van der Waals surface area contributed by atoms with Gasteiger partial charge in [-0.3, -0.25) is 14.4 Å². The van der Waals surface area contributed by atoms with Crippen molar-refractivity contribution in [2.24, 2.45) is 5.92 Å². The maximum Gasteiger partial charge on any atom is 0.255 e. The van der Waals surface area contributed by atoms with Crippen LogP contribution in [0.25, 0.3) is 0 Å². The third-order valence-electron chi connectivity index (χ3n) is 3.88. The van der Waals surface area contributed by atoms with Crippen molar-refractivity contribution >= 4 is 34.8 Å². The summed E-state index contributed by atoms with van der Waals surface area (Å²) in [6, 6.07) is 10.5. The van der Waals surface area contributed by atoms with Crippen LogP contribution in [0.2, 0.25) is 0 Å². The number of benzene rings is 2. The predicted octanol–water partition coefficient (Wildman–Crippen LogP) is 3.38. The van der Waals surface area contributed by atoms with Gasteiger partial charge in [0.15, 0.2) is 0 Å². The van der Waals surface area contributed by atoms with Gasteiger partial charge in [-0.15, -0.1) is 0 Å². The van der Waals surface area contributed by atoms with Crippen LogP contribution in [0.1, 0.15) is 30.1 Å². The highest BCUT2D eigenvalue weighted by Crippen LogP contribution is 2.30. The standard InChI is InChI=1S/C19H18FN3O3/c1-11(24)21-17-10-15(7-8-16(17)20)23-19(26)13-3-2-4-14(9-13)22-18(25)12-5-6-12/h2-4,7-10,12H,5-6H2,1H3,(H,21,24)(H,22,25)(H,23,26). The first-order valence-electron chi connectivity index (χ1n) is 8.22. The number of hydrogen-bond acceptors (Lipinski definition) is 3. The van der Waals surface area contributed by atoms with Crippen LogP contribution in [-0.4, -0.2) is 17.7 Å². The normalized spacial score (nSPS) is 13.0. The summed E-state index contributed by atoms with van der Waals surface area (Å²) in [7, 11) is 0. The molecule has 3 amide bonds. The molecule has 3 rings (SSSR count). The fourth-order valence-electron chi connectivity index (χ4n) is 2.42. The summed E-state index contributed by atoms with van der Waals surface area (Å²) in [5.74, 6) is -1.39. The maximum absolute atomic E-state index is 13.7. The van der Waals surface area contributed by atoms with Gasteiger partial charge in [0.05, 0.1) is 5.69 Å². The average Bonchev–Trinajstić information content (AvgIpc) is 3.43. The van der Waals surface area contributed by atoms with Crippen LogP contribution in [0.5, 0.6) is 0 Å². The molecule has 0 heterocycles. The van der Waals surface area contributed by atoms with E-state index in [-0.39, 0.29) is 17.5 Å². The molecule has 0 saturated heterocycles. The molecule has 2 aromatic carbocycles. The predicted molar refractivity (Wildman–Crippen MR) is 96.5 cm³/mol. The summed E-state index contributed by atoms with van der Waals surface area (Å²) in [6.45, 7) is 1.27. The Bertz CT molecular complexity index is 878. The zero-order valence-corrected chi connectivity index (χ0v) is 14.1. The first kappa shape index (κ1) is 17.6. The molecule has 7 heteroatoms. The van der Waals surface area contributed by atoms with Gasteiger partial charge in [0.2, 0.25) is 11.8 Å². The number of nitrogens with one attached hydrogen (secondary N) is 3. The van der Waals surface area contributed by atoms with Crippen molar-refractivity contribution in [2.75, 3.05) is 16.0 Å². The van der Waals surface area contributed by atoms with Gasteiger partial charge in [0.25, 0.3) is 5.91 Å². The zero-order valence-electron chi connectivity index (χ0n) is 14.1. The fraction of sp³-hybridized carbons (Fsp3) is 0.211. The third kappa shape index (κ3) is 4.44. The number of halogens is 1. The average molecular weight is 355 g/mol. The highest BCUT2D eigenvalue weighted by atomic mass is 19.1. The second-order valence-electron chi connectivity index (χ2n) is 6.17. The summed E-state index contributed by atoms with van der Waals surface area (Å²) >= 11 is 0. The third-order valence-corrected chi connectivity index (χ3v) is 3.88. The lowest BCUT2D eigenvalue weighted by Gasteiger charge is -2.10. The van der Waals surface area contributed by atoms with Gasteiger partial charge >= 0.3 is 0 Å². The van der Waals surface area contributed by atoms with Crippen molar-refractivity contribution in [3.8, 4) is 0 Å². The van der Waals surface area contributed by atoms with Gasteiger partial charge in [0.1, 0.15) is 5.82 Å². The molecule has 0 aromatic heterocycles. The Kier molecular flexibility index (Phi) is 4.97. The van der Waals surface area contributed by atoms with Crippen molar-refractivity contribution in [3.63, 3.8) is 0 Å².